The Hall–Kier alpha value is -1.89. The number of likely N-dealkylation sites (tertiary alicyclic amines) is 1. The third-order valence-corrected chi connectivity index (χ3v) is 6.49. The number of benzene rings is 2. The first-order chi connectivity index (χ1) is 13.9. The second-order valence-corrected chi connectivity index (χ2v) is 8.80. The van der Waals surface area contributed by atoms with Crippen molar-refractivity contribution in [1.82, 2.24) is 14.5 Å². The quantitative estimate of drug-likeness (QED) is 0.499. The van der Waals surface area contributed by atoms with Gasteiger partial charge in [-0.25, -0.2) is 4.98 Å². The van der Waals surface area contributed by atoms with Crippen LogP contribution in [-0.4, -0.2) is 26.9 Å². The van der Waals surface area contributed by atoms with Gasteiger partial charge in [0.15, 0.2) is 0 Å². The molecule has 0 aliphatic carbocycles. The molecule has 1 aliphatic heterocycles. The molecule has 150 valence electrons. The number of aryl methyl sites for hydroxylation is 1. The topological polar surface area (TPSA) is 55.2 Å². The number of hydrogen-bond donors (Lipinski definition) is 0. The van der Waals surface area contributed by atoms with E-state index in [2.05, 4.69) is 20.9 Å². The Kier molecular flexibility index (Phi) is 5.95. The van der Waals surface area contributed by atoms with Crippen LogP contribution in [0.3, 0.4) is 0 Å². The van der Waals surface area contributed by atoms with Gasteiger partial charge in [0.25, 0.3) is 5.56 Å². The molecule has 1 saturated heterocycles. The van der Waals surface area contributed by atoms with Crippen molar-refractivity contribution in [2.75, 3.05) is 6.54 Å². The molecule has 3 aromatic rings. The minimum atomic E-state index is -0.147. The largest absolute Gasteiger partial charge is 0.336 e. The van der Waals surface area contributed by atoms with Crippen molar-refractivity contribution in [3.8, 4) is 0 Å². The van der Waals surface area contributed by atoms with Crippen LogP contribution in [0.1, 0.15) is 30.9 Å². The number of aromatic nitrogens is 2. The number of halogens is 3. The van der Waals surface area contributed by atoms with Crippen molar-refractivity contribution in [3.05, 3.63) is 73.2 Å². The molecule has 1 aromatic heterocycles. The SMILES string of the molecule is O=C(CCn1cnc2ccc(Br)cc2c1=O)N1CCCC1c1ccc(Cl)c(Cl)c1. The molecular formula is C21H18BrCl2N3O2. The van der Waals surface area contributed by atoms with Gasteiger partial charge in [0, 0.05) is 24.0 Å². The molecule has 1 fully saturated rings. The molecule has 1 aliphatic rings. The summed E-state index contributed by atoms with van der Waals surface area (Å²) in [5, 5.41) is 1.52. The van der Waals surface area contributed by atoms with E-state index in [1.165, 1.54) is 10.9 Å². The van der Waals surface area contributed by atoms with Crippen molar-refractivity contribution in [2.24, 2.45) is 0 Å². The predicted octanol–water partition coefficient (Wildman–Crippen LogP) is 5.22. The van der Waals surface area contributed by atoms with Crippen LogP contribution in [0.15, 0.2) is 52.0 Å². The molecule has 0 saturated carbocycles. The Morgan fingerprint density at radius 3 is 2.79 bits per heavy atom. The Bertz CT molecular complexity index is 1150. The highest BCUT2D eigenvalue weighted by molar-refractivity contribution is 9.10. The third-order valence-electron chi connectivity index (χ3n) is 5.25. The lowest BCUT2D eigenvalue weighted by Crippen LogP contribution is -2.32. The van der Waals surface area contributed by atoms with Gasteiger partial charge in [0.2, 0.25) is 5.91 Å². The van der Waals surface area contributed by atoms with Crippen LogP contribution in [0.5, 0.6) is 0 Å². The van der Waals surface area contributed by atoms with Crippen LogP contribution < -0.4 is 5.56 Å². The minimum Gasteiger partial charge on any atom is -0.336 e. The highest BCUT2D eigenvalue weighted by Gasteiger charge is 2.30. The maximum absolute atomic E-state index is 12.9. The van der Waals surface area contributed by atoms with Gasteiger partial charge >= 0.3 is 0 Å². The maximum atomic E-state index is 12.9. The smallest absolute Gasteiger partial charge is 0.261 e. The monoisotopic (exact) mass is 493 g/mol. The van der Waals surface area contributed by atoms with Crippen molar-refractivity contribution >= 4 is 55.9 Å². The van der Waals surface area contributed by atoms with Gasteiger partial charge in [-0.05, 0) is 48.7 Å². The first-order valence-corrected chi connectivity index (χ1v) is 10.9. The Morgan fingerprint density at radius 2 is 2.00 bits per heavy atom. The Morgan fingerprint density at radius 1 is 1.17 bits per heavy atom. The summed E-state index contributed by atoms with van der Waals surface area (Å²) in [6, 6.07) is 10.9. The summed E-state index contributed by atoms with van der Waals surface area (Å²) in [6.45, 7) is 0.985. The van der Waals surface area contributed by atoms with E-state index in [0.29, 0.717) is 27.5 Å². The number of rotatable bonds is 4. The molecule has 0 radical (unpaired) electrons. The molecule has 5 nitrogen and oxygen atoms in total. The summed E-state index contributed by atoms with van der Waals surface area (Å²) >= 11 is 15.6. The molecule has 0 N–H and O–H groups in total. The zero-order valence-corrected chi connectivity index (χ0v) is 18.5. The molecule has 2 aromatic carbocycles. The van der Waals surface area contributed by atoms with Crippen LogP contribution in [-0.2, 0) is 11.3 Å². The van der Waals surface area contributed by atoms with Crippen LogP contribution in [0.25, 0.3) is 10.9 Å². The van der Waals surface area contributed by atoms with Gasteiger partial charge in [-0.1, -0.05) is 45.2 Å². The van der Waals surface area contributed by atoms with Crippen molar-refractivity contribution in [2.45, 2.75) is 31.8 Å². The van der Waals surface area contributed by atoms with Gasteiger partial charge in [0.05, 0.1) is 33.3 Å². The zero-order valence-electron chi connectivity index (χ0n) is 15.4. The molecule has 4 rings (SSSR count). The molecular weight excluding hydrogens is 477 g/mol. The zero-order chi connectivity index (χ0) is 20.5. The molecule has 0 spiro atoms. The molecule has 29 heavy (non-hydrogen) atoms. The number of carbonyl (C=O) groups is 1. The van der Waals surface area contributed by atoms with E-state index in [1.54, 1.807) is 18.2 Å². The average Bonchev–Trinajstić information content (AvgIpc) is 3.20. The average molecular weight is 495 g/mol. The molecule has 1 unspecified atom stereocenters. The summed E-state index contributed by atoms with van der Waals surface area (Å²) in [4.78, 5) is 31.8. The lowest BCUT2D eigenvalue weighted by Gasteiger charge is -2.25. The molecule has 0 bridgehead atoms. The fourth-order valence-electron chi connectivity index (χ4n) is 3.78. The minimum absolute atomic E-state index is 0.0137. The molecule has 8 heteroatoms. The van der Waals surface area contributed by atoms with Gasteiger partial charge in [-0.15, -0.1) is 0 Å². The predicted molar refractivity (Wildman–Crippen MR) is 118 cm³/mol. The van der Waals surface area contributed by atoms with Crippen LogP contribution in [0.2, 0.25) is 10.0 Å². The third kappa shape index (κ3) is 4.20. The lowest BCUT2D eigenvalue weighted by molar-refractivity contribution is -0.132. The van der Waals surface area contributed by atoms with Gasteiger partial charge in [-0.3, -0.25) is 14.2 Å². The highest BCUT2D eigenvalue weighted by atomic mass is 79.9. The number of nitrogens with zero attached hydrogens (tertiary/aromatic N) is 3. The lowest BCUT2D eigenvalue weighted by atomic mass is 10.0. The summed E-state index contributed by atoms with van der Waals surface area (Å²) in [7, 11) is 0. The van der Waals surface area contributed by atoms with E-state index in [4.69, 9.17) is 23.2 Å². The van der Waals surface area contributed by atoms with E-state index in [9.17, 15) is 9.59 Å². The Labute approximate surface area is 186 Å². The van der Waals surface area contributed by atoms with Crippen LogP contribution >= 0.6 is 39.1 Å². The first kappa shape index (κ1) is 20.4. The fourth-order valence-corrected chi connectivity index (χ4v) is 4.45. The van der Waals surface area contributed by atoms with E-state index >= 15 is 0 Å². The second-order valence-electron chi connectivity index (χ2n) is 7.07. The Balaban J connectivity index is 1.50. The van der Waals surface area contributed by atoms with Crippen LogP contribution in [0.4, 0.5) is 0 Å². The number of amides is 1. The molecule has 1 atom stereocenters. The number of hydrogen-bond acceptors (Lipinski definition) is 3. The molecule has 1 amide bonds. The maximum Gasteiger partial charge on any atom is 0.261 e. The van der Waals surface area contributed by atoms with E-state index < -0.39 is 0 Å². The van der Waals surface area contributed by atoms with Gasteiger partial charge in [0.1, 0.15) is 0 Å². The van der Waals surface area contributed by atoms with Gasteiger partial charge in [-0.2, -0.15) is 0 Å². The van der Waals surface area contributed by atoms with E-state index in [1.807, 2.05) is 23.1 Å². The highest BCUT2D eigenvalue weighted by Crippen LogP contribution is 2.35. The number of fused-ring (bicyclic) bond motifs is 1. The van der Waals surface area contributed by atoms with Crippen molar-refractivity contribution in [1.29, 1.82) is 0 Å². The normalized spacial score (nSPS) is 16.5. The van der Waals surface area contributed by atoms with Crippen molar-refractivity contribution < 1.29 is 4.79 Å². The van der Waals surface area contributed by atoms with Crippen molar-refractivity contribution in [3.63, 3.8) is 0 Å². The fraction of sp³-hybridized carbons (Fsp3) is 0.286. The van der Waals surface area contributed by atoms with Crippen LogP contribution in [0, 0.1) is 0 Å². The van der Waals surface area contributed by atoms with Gasteiger partial charge < -0.3 is 4.90 Å². The van der Waals surface area contributed by atoms with E-state index in [0.717, 1.165) is 22.9 Å². The van der Waals surface area contributed by atoms with E-state index in [-0.39, 0.29) is 30.5 Å². The summed E-state index contributed by atoms with van der Waals surface area (Å²) in [5.41, 5.74) is 1.48. The standard InChI is InChI=1S/C21H18BrCl2N3O2/c22-14-4-6-18-15(11-14)21(29)26(12-25-18)9-7-20(28)27-8-1-2-19(27)13-3-5-16(23)17(24)10-13/h3-6,10-12,19H,1-2,7-9H2. The summed E-state index contributed by atoms with van der Waals surface area (Å²) < 4.78 is 2.32. The summed E-state index contributed by atoms with van der Waals surface area (Å²) in [6.07, 6.45) is 3.56. The number of carbonyl (C=O) groups excluding carboxylic acids is 1. The first-order valence-electron chi connectivity index (χ1n) is 9.33. The summed E-state index contributed by atoms with van der Waals surface area (Å²) in [5.74, 6) is 0.0137. The molecule has 2 heterocycles. The second kappa shape index (κ2) is 8.46.